The van der Waals surface area contributed by atoms with Crippen molar-refractivity contribution in [2.24, 2.45) is 29.6 Å². The molecule has 6 aromatic rings. The van der Waals surface area contributed by atoms with Gasteiger partial charge in [-0.3, -0.25) is 33.6 Å². The predicted octanol–water partition coefficient (Wildman–Crippen LogP) is 8.15. The monoisotopic (exact) mass is 1900 g/mol. The summed E-state index contributed by atoms with van der Waals surface area (Å²) in [5.41, 5.74) is 14.1. The number of carboxylic acids is 1. The van der Waals surface area contributed by atoms with E-state index in [1.165, 1.54) is 34.9 Å². The normalized spacial score (nSPS) is 17.8. The van der Waals surface area contributed by atoms with Crippen molar-refractivity contribution in [3.05, 3.63) is 129 Å². The molecule has 14 rings (SSSR count). The molecule has 137 heavy (non-hydrogen) atoms. The second-order valence-corrected chi connectivity index (χ2v) is 35.6. The Morgan fingerprint density at radius 1 is 0.445 bits per heavy atom. The molecule has 8 heterocycles. The van der Waals surface area contributed by atoms with Gasteiger partial charge in [-0.1, -0.05) is 45.9 Å². The number of carbonyl (C=O) groups is 8. The second-order valence-electron chi connectivity index (χ2n) is 34.8. The number of aliphatic carboxylic acids is 1. The Bertz CT molecular complexity index is 4880. The van der Waals surface area contributed by atoms with Gasteiger partial charge in [-0.2, -0.15) is 0 Å². The maximum absolute atomic E-state index is 12.7. The summed E-state index contributed by atoms with van der Waals surface area (Å²) < 4.78 is 38.6. The average Bonchev–Trinajstić information content (AvgIpc) is 1.79. The fourth-order valence-electron chi connectivity index (χ4n) is 16.0. The number of nitrogens with one attached hydrogen (secondary N) is 3. The van der Waals surface area contributed by atoms with Crippen molar-refractivity contribution >= 4 is 241 Å². The van der Waals surface area contributed by atoms with Crippen LogP contribution in [0, 0.1) is 29.6 Å². The van der Waals surface area contributed by atoms with E-state index in [1.54, 1.807) is 52.5 Å². The van der Waals surface area contributed by atoms with Crippen LogP contribution in [0.1, 0.15) is 154 Å². The first-order valence-electron chi connectivity index (χ1n) is 46.7. The smallest absolute Gasteiger partial charge is 0.410 e. The Balaban J connectivity index is 0.000000284. The van der Waals surface area contributed by atoms with Crippen molar-refractivity contribution in [2.75, 3.05) is 161 Å². The third kappa shape index (κ3) is 36.2. The highest BCUT2D eigenvalue weighted by Gasteiger charge is 2.38. The van der Waals surface area contributed by atoms with Gasteiger partial charge in [0.1, 0.15) is 46.0 Å². The van der Waals surface area contributed by atoms with Gasteiger partial charge in [0.05, 0.1) is 81.3 Å². The van der Waals surface area contributed by atoms with Crippen LogP contribution >= 0.6 is 15.9 Å². The molecular weight excluding hydrogens is 1780 g/mol. The molecule has 2 saturated heterocycles. The predicted molar refractivity (Wildman–Crippen MR) is 576 cm³/mol. The highest BCUT2D eigenvalue weighted by Crippen LogP contribution is 2.44. The molecule has 0 spiro atoms. The van der Waals surface area contributed by atoms with E-state index in [4.69, 9.17) is 87.3 Å². The molecule has 8 aliphatic rings. The summed E-state index contributed by atoms with van der Waals surface area (Å²) in [6, 6.07) is 29.8. The fraction of sp³-hybridized carbons (Fsp3) is 0.522. The SMILES string of the molecule is CCN1C(=O)C(C(=O)O)CCc2cc(N3CCNCC3)c(OC)cc21.CCN1C(=O)C(C)CCc2cc(Br)c(OC)cc21.CCN1C(=O)C(C)CCc2cc(N3CCN(C(=O)OC(C)(C)C)CC3)c(OC)cc21.CCN1C(=O)C(C)CCc2ccc(OC)cc21.COc1ccc2c(c1)NC(=O)C(C)CC2.COc1ccc2c(c1)NC(=O)CCC2.[B]B([B])B([B])[B].[B]B([B])[B].[B][B]B([B])[B].[B][B][B]. The van der Waals surface area contributed by atoms with Crippen LogP contribution in [0.25, 0.3) is 0 Å². The van der Waals surface area contributed by atoms with Crippen LogP contribution in [0.3, 0.4) is 0 Å². The molecule has 0 aromatic heterocycles. The molecule has 26 radical (unpaired) electrons. The summed E-state index contributed by atoms with van der Waals surface area (Å²) in [5.74, 6) is 3.35. The number of piperazine rings is 2. The summed E-state index contributed by atoms with van der Waals surface area (Å²) >= 11 is 3.50. The number of ether oxygens (including phenoxy) is 7. The minimum atomic E-state index is -1.05. The Hall–Kier alpha value is -9.11. The molecule has 6 aromatic carbocycles. The summed E-state index contributed by atoms with van der Waals surface area (Å²) in [6.45, 7) is 30.2. The lowest BCUT2D eigenvalue weighted by atomic mass is 8.81. The van der Waals surface area contributed by atoms with Crippen LogP contribution < -0.4 is 73.8 Å². The van der Waals surface area contributed by atoms with E-state index in [0.29, 0.717) is 71.6 Å². The molecule has 26 nitrogen and oxygen atoms in total. The van der Waals surface area contributed by atoms with Gasteiger partial charge in [0.2, 0.25) is 35.4 Å². The molecule has 7 amide bonds. The number of fused-ring (bicyclic) bond motifs is 6. The number of hydrogen-bond acceptors (Lipinski definition) is 18. The number of halogens is 1. The molecule has 4 N–H and O–H groups in total. The standard InChI is InChI=1S/C23H35N3O4.C18H25N3O4.C14H18BrNO2.C14H19NO2.C12H15NO2.C11H13NO2.B6.B5.B4.B3/c1-7-26-18-15-20(29-6)19(14-17(18)9-8-16(2)21(26)27)24-10-12-25(13-11-24)22(28)30-23(3,4)5;1-3-21-14-11-16(25-2)15(20-8-6-19-7-9-20)10-12(14)4-5-13(17(21)22)18(23)24;1-4-16-12-8-13(18-3)11(15)7-10(12)6-5-9(2)14(16)17;1-4-15-13-9-12(17-3)8-7-11(13)6-5-10(2)14(15)16;1-8-3-4-9-5-6-10(15-2)7-11(9)13-12(8)14;1-14-9-6-5-8-3-2-4-11(13)12-10(8)7-9;1-5(2)6(3)4;1-4-5(2)3;1-4(2)3;1-3-2/h14-16H,7-13H2,1-6H3;10-11,13,19H,3-9H2,1-2H3,(H,23,24);7-9H,4-6H2,1-3H3;7-10H,4-6H2,1-3H3;5-8H,3-4H2,1-2H3,(H,13,14);5-7H,2-4H2,1H3,(H,12,13);;;;. The van der Waals surface area contributed by atoms with Gasteiger partial charge < -0.3 is 88.5 Å². The Labute approximate surface area is 842 Å². The number of aryl methyl sites for hydroxylation is 6. The first-order valence-corrected chi connectivity index (χ1v) is 47.5. The van der Waals surface area contributed by atoms with Crippen molar-refractivity contribution in [3.63, 3.8) is 0 Å². The lowest BCUT2D eigenvalue weighted by molar-refractivity contribution is -0.146. The molecule has 45 heteroatoms. The van der Waals surface area contributed by atoms with Gasteiger partial charge in [0.25, 0.3) is 0 Å². The number of hydrogen-bond donors (Lipinski definition) is 4. The van der Waals surface area contributed by atoms with Crippen LogP contribution in [0.4, 0.5) is 50.3 Å². The largest absolute Gasteiger partial charge is 0.497 e. The van der Waals surface area contributed by atoms with Crippen molar-refractivity contribution in [1.82, 2.24) is 10.2 Å². The van der Waals surface area contributed by atoms with Crippen molar-refractivity contribution < 1.29 is 76.6 Å². The maximum atomic E-state index is 12.7. The van der Waals surface area contributed by atoms with E-state index in [-0.39, 0.29) is 65.2 Å². The van der Waals surface area contributed by atoms with Crippen molar-refractivity contribution in [1.29, 1.82) is 0 Å². The molecule has 2 fully saturated rings. The van der Waals surface area contributed by atoms with Crippen LogP contribution in [-0.2, 0) is 76.8 Å². The lowest BCUT2D eigenvalue weighted by Crippen LogP contribution is -2.50. The van der Waals surface area contributed by atoms with Crippen molar-refractivity contribution in [2.45, 2.75) is 165 Å². The number of carboxylic acid groups (broad SMARTS) is 1. The van der Waals surface area contributed by atoms with Crippen LogP contribution in [0.15, 0.2) is 95.5 Å². The van der Waals surface area contributed by atoms with Crippen molar-refractivity contribution in [3.8, 4) is 34.5 Å². The van der Waals surface area contributed by atoms with Gasteiger partial charge in [0.15, 0.2) is 0 Å². The van der Waals surface area contributed by atoms with Gasteiger partial charge >= 0.3 is 12.1 Å². The lowest BCUT2D eigenvalue weighted by Gasteiger charge is -2.37. The Kier molecular flexibility index (Phi) is 51.4. The molecule has 8 aliphatic heterocycles. The second kappa shape index (κ2) is 59.5. The van der Waals surface area contributed by atoms with E-state index in [9.17, 15) is 43.5 Å². The molecule has 700 valence electrons. The molecule has 0 bridgehead atoms. The minimum absolute atomic E-state index is 0.0177. The topological polar surface area (TPSA) is 280 Å². The van der Waals surface area contributed by atoms with Gasteiger partial charge in [0, 0.05) is 289 Å². The number of methoxy groups -OCH3 is 6. The molecule has 5 atom stereocenters. The first-order chi connectivity index (χ1) is 65.0. The third-order valence-electron chi connectivity index (χ3n) is 23.7. The van der Waals surface area contributed by atoms with Gasteiger partial charge in [-0.15, -0.1) is 0 Å². The first kappa shape index (κ1) is 118. The Morgan fingerprint density at radius 2 is 0.803 bits per heavy atom. The minimum Gasteiger partial charge on any atom is -0.497 e. The molecule has 5 unspecified atom stereocenters. The van der Waals surface area contributed by atoms with E-state index in [2.05, 4.69) is 105 Å². The van der Waals surface area contributed by atoms with E-state index in [0.717, 1.165) is 187 Å². The highest BCUT2D eigenvalue weighted by molar-refractivity contribution is 9.10. The van der Waals surface area contributed by atoms with Crippen LogP contribution in [0.5, 0.6) is 34.5 Å². The molecular formula is C92H125B18BrN10O16. The highest BCUT2D eigenvalue weighted by atomic mass is 79.9. The fourth-order valence-corrected chi connectivity index (χ4v) is 16.5. The third-order valence-corrected chi connectivity index (χ3v) is 24.3. The van der Waals surface area contributed by atoms with E-state index in [1.807, 2.05) is 158 Å². The number of rotatable bonds is 15. The number of benzene rings is 6. The van der Waals surface area contributed by atoms with Gasteiger partial charge in [-0.05, 0) is 211 Å². The van der Waals surface area contributed by atoms with Crippen LogP contribution in [-0.4, -0.2) is 317 Å². The summed E-state index contributed by atoms with van der Waals surface area (Å²) in [6.07, 6.45) is 8.09. The quantitative estimate of drug-likeness (QED) is 0.0557. The number of carbonyl (C=O) groups excluding carboxylic acids is 7. The summed E-state index contributed by atoms with van der Waals surface area (Å²) in [5, 5.41) is 18.5. The maximum Gasteiger partial charge on any atom is 0.410 e. The summed E-state index contributed by atoms with van der Waals surface area (Å²) in [7, 11) is 69.5. The Morgan fingerprint density at radius 3 is 1.20 bits per heavy atom. The summed E-state index contributed by atoms with van der Waals surface area (Å²) in [4.78, 5) is 110. The zero-order valence-electron chi connectivity index (χ0n) is 83.2. The number of nitrogens with zero attached hydrogens (tertiary/aromatic N) is 7. The average molecular weight is 1900 g/mol. The molecule has 0 aliphatic carbocycles. The molecule has 0 saturated carbocycles. The van der Waals surface area contributed by atoms with E-state index >= 15 is 0 Å². The van der Waals surface area contributed by atoms with Crippen LogP contribution in [0.2, 0.25) is 0 Å². The number of anilines is 8. The van der Waals surface area contributed by atoms with Gasteiger partial charge in [-0.25, -0.2) is 4.79 Å². The zero-order valence-corrected chi connectivity index (χ0v) is 84.8. The number of amides is 7. The van der Waals surface area contributed by atoms with E-state index < -0.39 is 43.0 Å². The zero-order chi connectivity index (χ0) is 102.